The monoisotopic (exact) mass is 306 g/mol. The molecule has 0 unspecified atom stereocenters. The van der Waals surface area contributed by atoms with Gasteiger partial charge in [-0.3, -0.25) is 4.79 Å². The van der Waals surface area contributed by atoms with Gasteiger partial charge in [0.05, 0.1) is 15.1 Å². The maximum atomic E-state index is 10.7. The van der Waals surface area contributed by atoms with E-state index in [9.17, 15) is 4.79 Å². The lowest BCUT2D eigenvalue weighted by Crippen LogP contribution is -1.84. The molecule has 90 valence electrons. The predicted octanol–water partition coefficient (Wildman–Crippen LogP) is 4.67. The Morgan fingerprint density at radius 1 is 1.24 bits per heavy atom. The lowest BCUT2D eigenvalue weighted by Gasteiger charge is -1.99. The average molecular weight is 308 g/mol. The first-order chi connectivity index (χ1) is 8.00. The second-order valence-electron chi connectivity index (χ2n) is 3.14. The molecule has 0 aromatic heterocycles. The van der Waals surface area contributed by atoms with E-state index in [4.69, 9.17) is 34.8 Å². The SMILES string of the molecule is CC(=O)SCCC#Cc1cc(Cl)c(Cl)cc1Cl. The molecule has 0 amide bonds. The number of thioether (sulfide) groups is 1. The van der Waals surface area contributed by atoms with E-state index in [0.29, 0.717) is 32.8 Å². The molecule has 1 rings (SSSR count). The van der Waals surface area contributed by atoms with Crippen molar-refractivity contribution in [1.29, 1.82) is 0 Å². The van der Waals surface area contributed by atoms with Crippen molar-refractivity contribution in [3.05, 3.63) is 32.8 Å². The Balaban J connectivity index is 2.66. The third kappa shape index (κ3) is 5.23. The van der Waals surface area contributed by atoms with Crippen LogP contribution >= 0.6 is 46.6 Å². The van der Waals surface area contributed by atoms with Gasteiger partial charge in [-0.15, -0.1) is 0 Å². The summed E-state index contributed by atoms with van der Waals surface area (Å²) >= 11 is 18.9. The second kappa shape index (κ2) is 7.18. The molecule has 0 aliphatic heterocycles. The van der Waals surface area contributed by atoms with Crippen molar-refractivity contribution in [2.24, 2.45) is 0 Å². The maximum Gasteiger partial charge on any atom is 0.185 e. The van der Waals surface area contributed by atoms with Crippen molar-refractivity contribution < 1.29 is 4.79 Å². The molecular weight excluding hydrogens is 299 g/mol. The molecule has 1 aromatic rings. The van der Waals surface area contributed by atoms with Gasteiger partial charge in [0.15, 0.2) is 5.12 Å². The van der Waals surface area contributed by atoms with Crippen LogP contribution in [0.5, 0.6) is 0 Å². The maximum absolute atomic E-state index is 10.7. The summed E-state index contributed by atoms with van der Waals surface area (Å²) in [5.74, 6) is 6.52. The van der Waals surface area contributed by atoms with Crippen LogP contribution < -0.4 is 0 Å². The second-order valence-corrected chi connectivity index (χ2v) is 5.63. The van der Waals surface area contributed by atoms with E-state index in [0.717, 1.165) is 0 Å². The van der Waals surface area contributed by atoms with E-state index in [1.807, 2.05) is 0 Å². The Kier molecular flexibility index (Phi) is 6.22. The van der Waals surface area contributed by atoms with Crippen LogP contribution in [0.3, 0.4) is 0 Å². The van der Waals surface area contributed by atoms with Gasteiger partial charge in [-0.25, -0.2) is 0 Å². The summed E-state index contributed by atoms with van der Waals surface area (Å²) in [6.45, 7) is 1.54. The van der Waals surface area contributed by atoms with E-state index in [2.05, 4.69) is 11.8 Å². The van der Waals surface area contributed by atoms with Crippen LogP contribution in [0, 0.1) is 11.8 Å². The van der Waals surface area contributed by atoms with Gasteiger partial charge in [0.25, 0.3) is 0 Å². The van der Waals surface area contributed by atoms with Crippen LogP contribution in [-0.2, 0) is 4.79 Å². The molecule has 0 bridgehead atoms. The minimum atomic E-state index is 0.0966. The van der Waals surface area contributed by atoms with E-state index in [1.165, 1.54) is 18.7 Å². The lowest BCUT2D eigenvalue weighted by atomic mass is 10.2. The van der Waals surface area contributed by atoms with Crippen LogP contribution in [0.25, 0.3) is 0 Å². The van der Waals surface area contributed by atoms with Crippen LogP contribution in [0.4, 0.5) is 0 Å². The minimum absolute atomic E-state index is 0.0966. The molecule has 17 heavy (non-hydrogen) atoms. The Morgan fingerprint density at radius 3 is 2.53 bits per heavy atom. The van der Waals surface area contributed by atoms with Crippen molar-refractivity contribution in [3.63, 3.8) is 0 Å². The number of hydrogen-bond donors (Lipinski definition) is 0. The first-order valence-corrected chi connectivity index (χ1v) is 6.89. The van der Waals surface area contributed by atoms with Crippen molar-refractivity contribution >= 4 is 51.7 Å². The van der Waals surface area contributed by atoms with Gasteiger partial charge in [0.2, 0.25) is 0 Å². The van der Waals surface area contributed by atoms with Crippen LogP contribution in [0.15, 0.2) is 12.1 Å². The molecule has 0 aliphatic rings. The predicted molar refractivity (Wildman–Crippen MR) is 76.1 cm³/mol. The van der Waals surface area contributed by atoms with Gasteiger partial charge >= 0.3 is 0 Å². The normalized spacial score (nSPS) is 9.65. The Hall–Kier alpha value is -0.330. The number of hydrogen-bond acceptors (Lipinski definition) is 2. The zero-order valence-electron chi connectivity index (χ0n) is 9.02. The van der Waals surface area contributed by atoms with Gasteiger partial charge < -0.3 is 0 Å². The summed E-state index contributed by atoms with van der Waals surface area (Å²) < 4.78 is 0. The Bertz CT molecular complexity index is 489. The fourth-order valence-electron chi connectivity index (χ4n) is 1.02. The highest BCUT2D eigenvalue weighted by atomic mass is 35.5. The molecule has 0 spiro atoms. The summed E-state index contributed by atoms with van der Waals surface area (Å²) in [5, 5.41) is 1.42. The highest BCUT2D eigenvalue weighted by molar-refractivity contribution is 8.13. The topological polar surface area (TPSA) is 17.1 Å². The number of rotatable bonds is 2. The first kappa shape index (κ1) is 14.7. The standard InChI is InChI=1S/C12H9Cl3OS/c1-8(16)17-5-3-2-4-9-6-11(14)12(15)7-10(9)13/h6-7H,3,5H2,1H3. The fraction of sp³-hybridized carbons (Fsp3) is 0.250. The molecule has 0 N–H and O–H groups in total. The molecule has 1 nitrogen and oxygen atoms in total. The van der Waals surface area contributed by atoms with E-state index in [1.54, 1.807) is 12.1 Å². The lowest BCUT2D eigenvalue weighted by molar-refractivity contribution is -0.109. The molecular formula is C12H9Cl3OS. The molecule has 0 fully saturated rings. The Labute approximate surface area is 120 Å². The number of halogens is 3. The average Bonchev–Trinajstić information content (AvgIpc) is 2.24. The van der Waals surface area contributed by atoms with Gasteiger partial charge in [-0.2, -0.15) is 0 Å². The zero-order chi connectivity index (χ0) is 12.8. The molecule has 5 heteroatoms. The summed E-state index contributed by atoms with van der Waals surface area (Å²) in [7, 11) is 0. The van der Waals surface area contributed by atoms with Crippen molar-refractivity contribution in [2.75, 3.05) is 5.75 Å². The van der Waals surface area contributed by atoms with Gasteiger partial charge in [0, 0.05) is 24.7 Å². The highest BCUT2D eigenvalue weighted by Gasteiger charge is 2.03. The van der Waals surface area contributed by atoms with Gasteiger partial charge in [0.1, 0.15) is 0 Å². The van der Waals surface area contributed by atoms with Crippen LogP contribution in [0.2, 0.25) is 15.1 Å². The van der Waals surface area contributed by atoms with Gasteiger partial charge in [-0.1, -0.05) is 58.4 Å². The summed E-state index contributed by atoms with van der Waals surface area (Å²) in [4.78, 5) is 10.7. The zero-order valence-corrected chi connectivity index (χ0v) is 12.1. The smallest absolute Gasteiger partial charge is 0.185 e. The third-order valence-electron chi connectivity index (χ3n) is 1.77. The highest BCUT2D eigenvalue weighted by Crippen LogP contribution is 2.28. The van der Waals surface area contributed by atoms with E-state index >= 15 is 0 Å². The number of carbonyl (C=O) groups excluding carboxylic acids is 1. The Morgan fingerprint density at radius 2 is 1.88 bits per heavy atom. The molecule has 0 radical (unpaired) electrons. The minimum Gasteiger partial charge on any atom is -0.288 e. The third-order valence-corrected chi connectivity index (χ3v) is 3.62. The quantitative estimate of drug-likeness (QED) is 0.449. The molecule has 1 aromatic carbocycles. The summed E-state index contributed by atoms with van der Waals surface area (Å²) in [6.07, 6.45) is 0.626. The van der Waals surface area contributed by atoms with Crippen molar-refractivity contribution in [1.82, 2.24) is 0 Å². The van der Waals surface area contributed by atoms with Gasteiger partial charge in [-0.05, 0) is 12.1 Å². The molecule has 0 aliphatic carbocycles. The molecule has 0 saturated heterocycles. The first-order valence-electron chi connectivity index (χ1n) is 4.77. The number of carbonyl (C=O) groups is 1. The van der Waals surface area contributed by atoms with E-state index in [-0.39, 0.29) is 5.12 Å². The number of benzene rings is 1. The van der Waals surface area contributed by atoms with Crippen LogP contribution in [0.1, 0.15) is 18.9 Å². The van der Waals surface area contributed by atoms with Crippen LogP contribution in [-0.4, -0.2) is 10.9 Å². The summed E-state index contributed by atoms with van der Waals surface area (Å²) in [5.41, 5.74) is 0.647. The fourth-order valence-corrected chi connectivity index (χ4v) is 2.11. The van der Waals surface area contributed by atoms with E-state index < -0.39 is 0 Å². The van der Waals surface area contributed by atoms with Crippen molar-refractivity contribution in [3.8, 4) is 11.8 Å². The van der Waals surface area contributed by atoms with Crippen molar-refractivity contribution in [2.45, 2.75) is 13.3 Å². The molecule has 0 saturated carbocycles. The largest absolute Gasteiger partial charge is 0.288 e. The summed E-state index contributed by atoms with van der Waals surface area (Å²) in [6, 6.07) is 3.21. The molecule has 0 heterocycles. The molecule has 0 atom stereocenters.